The number of halogens is 1. The van der Waals surface area contributed by atoms with Crippen molar-refractivity contribution in [1.82, 2.24) is 5.32 Å². The third-order valence-electron chi connectivity index (χ3n) is 3.92. The van der Waals surface area contributed by atoms with Crippen molar-refractivity contribution in [3.05, 3.63) is 51.5 Å². The van der Waals surface area contributed by atoms with Gasteiger partial charge in [-0.3, -0.25) is 0 Å². The minimum atomic E-state index is -0.139. The fraction of sp³-hybridized carbons (Fsp3) is 0.412. The Morgan fingerprint density at radius 3 is 2.95 bits per heavy atom. The van der Waals surface area contributed by atoms with E-state index in [4.69, 9.17) is 0 Å². The van der Waals surface area contributed by atoms with Crippen LogP contribution in [-0.2, 0) is 6.42 Å². The second-order valence-corrected chi connectivity index (χ2v) is 7.75. The summed E-state index contributed by atoms with van der Waals surface area (Å²) in [5, 5.41) is 3.69. The third kappa shape index (κ3) is 3.33. The first-order chi connectivity index (χ1) is 10.2. The highest BCUT2D eigenvalue weighted by molar-refractivity contribution is 7.99. The molecule has 3 rings (SSSR count). The van der Waals surface area contributed by atoms with E-state index in [-0.39, 0.29) is 11.9 Å². The molecule has 1 N–H and O–H groups in total. The maximum Gasteiger partial charge on any atom is 0.123 e. The third-order valence-corrected chi connectivity index (χ3v) is 6.46. The zero-order chi connectivity index (χ0) is 14.8. The van der Waals surface area contributed by atoms with E-state index in [2.05, 4.69) is 31.3 Å². The van der Waals surface area contributed by atoms with Gasteiger partial charge in [0.05, 0.1) is 0 Å². The predicted molar refractivity (Wildman–Crippen MR) is 89.7 cm³/mol. The molecule has 2 aromatic rings. The molecule has 0 fully saturated rings. The van der Waals surface area contributed by atoms with Crippen molar-refractivity contribution in [1.29, 1.82) is 0 Å². The zero-order valence-corrected chi connectivity index (χ0v) is 14.0. The molecule has 0 saturated heterocycles. The Balaban J connectivity index is 1.78. The first-order valence-electron chi connectivity index (χ1n) is 7.44. The molecular weight excluding hydrogens is 301 g/mol. The van der Waals surface area contributed by atoms with E-state index < -0.39 is 0 Å². The molecule has 0 bridgehead atoms. The maximum absolute atomic E-state index is 13.5. The van der Waals surface area contributed by atoms with Crippen LogP contribution < -0.4 is 5.32 Å². The summed E-state index contributed by atoms with van der Waals surface area (Å²) in [4.78, 5) is 4.00. The lowest BCUT2D eigenvalue weighted by molar-refractivity contribution is 0.451. The van der Waals surface area contributed by atoms with E-state index in [0.717, 1.165) is 24.2 Å². The van der Waals surface area contributed by atoms with Crippen LogP contribution in [0.4, 0.5) is 4.39 Å². The molecule has 4 heteroatoms. The van der Waals surface area contributed by atoms with Gasteiger partial charge in [-0.05, 0) is 61.4 Å². The fourth-order valence-corrected chi connectivity index (χ4v) is 4.81. The highest BCUT2D eigenvalue weighted by Crippen LogP contribution is 2.38. The van der Waals surface area contributed by atoms with Crippen LogP contribution in [0.3, 0.4) is 0 Å². The Kier molecular flexibility index (Phi) is 4.67. The lowest BCUT2D eigenvalue weighted by Crippen LogP contribution is -2.27. The number of rotatable bonds is 4. The summed E-state index contributed by atoms with van der Waals surface area (Å²) >= 11 is 3.70. The van der Waals surface area contributed by atoms with Gasteiger partial charge in [0, 0.05) is 26.7 Å². The Morgan fingerprint density at radius 2 is 2.19 bits per heavy atom. The number of benzene rings is 1. The summed E-state index contributed by atoms with van der Waals surface area (Å²) in [6.07, 6.45) is 2.14. The van der Waals surface area contributed by atoms with Gasteiger partial charge in [0.25, 0.3) is 0 Å². The van der Waals surface area contributed by atoms with Gasteiger partial charge in [0.15, 0.2) is 0 Å². The van der Waals surface area contributed by atoms with Gasteiger partial charge < -0.3 is 5.32 Å². The van der Waals surface area contributed by atoms with Crippen molar-refractivity contribution >= 4 is 23.1 Å². The molecule has 0 saturated carbocycles. The summed E-state index contributed by atoms with van der Waals surface area (Å²) in [6, 6.07) is 10.1. The lowest BCUT2D eigenvalue weighted by atomic mass is 10.0. The van der Waals surface area contributed by atoms with Crippen LogP contribution in [0.5, 0.6) is 0 Å². The van der Waals surface area contributed by atoms with Gasteiger partial charge in [0.1, 0.15) is 5.82 Å². The van der Waals surface area contributed by atoms with Gasteiger partial charge >= 0.3 is 0 Å². The minimum Gasteiger partial charge on any atom is -0.303 e. The van der Waals surface area contributed by atoms with Gasteiger partial charge in [-0.25, -0.2) is 4.39 Å². The van der Waals surface area contributed by atoms with E-state index in [9.17, 15) is 4.39 Å². The monoisotopic (exact) mass is 321 g/mol. The second kappa shape index (κ2) is 6.51. The second-order valence-electron chi connectivity index (χ2n) is 5.42. The molecule has 1 nitrogen and oxygen atoms in total. The molecule has 2 unspecified atom stereocenters. The van der Waals surface area contributed by atoms with Crippen molar-refractivity contribution in [3.8, 4) is 0 Å². The summed E-state index contributed by atoms with van der Waals surface area (Å²) < 4.78 is 13.5. The number of hydrogen-bond donors (Lipinski definition) is 1. The highest BCUT2D eigenvalue weighted by Gasteiger charge is 2.23. The van der Waals surface area contributed by atoms with Crippen molar-refractivity contribution in [2.75, 3.05) is 5.75 Å². The lowest BCUT2D eigenvalue weighted by Gasteiger charge is -2.28. The van der Waals surface area contributed by atoms with E-state index in [1.807, 2.05) is 29.2 Å². The molecule has 2 atom stereocenters. The van der Waals surface area contributed by atoms with Crippen LogP contribution in [0, 0.1) is 5.82 Å². The van der Waals surface area contributed by atoms with Crippen LogP contribution in [0.1, 0.15) is 47.7 Å². The van der Waals surface area contributed by atoms with Gasteiger partial charge in [0.2, 0.25) is 0 Å². The van der Waals surface area contributed by atoms with Crippen LogP contribution in [0.2, 0.25) is 0 Å². The Bertz CT molecular complexity index is 623. The SMILES string of the molecule is CCc1ccc(C(C)NC2CCSc3ccc(F)cc32)s1. The Hall–Kier alpha value is -0.840. The molecule has 21 heavy (non-hydrogen) atoms. The molecule has 1 aromatic heterocycles. The van der Waals surface area contributed by atoms with Crippen molar-refractivity contribution < 1.29 is 4.39 Å². The van der Waals surface area contributed by atoms with Crippen LogP contribution >= 0.6 is 23.1 Å². The number of thiophene rings is 1. The molecule has 2 heterocycles. The first kappa shape index (κ1) is 15.1. The average molecular weight is 321 g/mol. The molecular formula is C17H20FNS2. The van der Waals surface area contributed by atoms with Crippen LogP contribution in [-0.4, -0.2) is 5.75 Å². The van der Waals surface area contributed by atoms with E-state index in [1.165, 1.54) is 14.6 Å². The molecule has 1 aromatic carbocycles. The molecule has 112 valence electrons. The molecule has 1 aliphatic heterocycles. The standard InChI is InChI=1S/C17H20FNS2/c1-3-13-5-7-16(21-13)11(2)19-15-8-9-20-17-6-4-12(18)10-14(15)17/h4-7,10-11,15,19H,3,8-9H2,1-2H3. The van der Waals surface area contributed by atoms with E-state index in [1.54, 1.807) is 12.1 Å². The number of aryl methyl sites for hydroxylation is 1. The highest BCUT2D eigenvalue weighted by atomic mass is 32.2. The number of hydrogen-bond acceptors (Lipinski definition) is 3. The Morgan fingerprint density at radius 1 is 1.33 bits per heavy atom. The first-order valence-corrected chi connectivity index (χ1v) is 9.24. The topological polar surface area (TPSA) is 12.0 Å². The quantitative estimate of drug-likeness (QED) is 0.816. The predicted octanol–water partition coefficient (Wildman–Crippen LogP) is 5.34. The van der Waals surface area contributed by atoms with Crippen LogP contribution in [0.15, 0.2) is 35.2 Å². The zero-order valence-electron chi connectivity index (χ0n) is 12.4. The number of fused-ring (bicyclic) bond motifs is 1. The molecule has 0 aliphatic carbocycles. The largest absolute Gasteiger partial charge is 0.303 e. The van der Waals surface area contributed by atoms with Gasteiger partial charge in [-0.1, -0.05) is 6.92 Å². The van der Waals surface area contributed by atoms with E-state index >= 15 is 0 Å². The number of thioether (sulfide) groups is 1. The van der Waals surface area contributed by atoms with Crippen LogP contribution in [0.25, 0.3) is 0 Å². The molecule has 1 aliphatic rings. The van der Waals surface area contributed by atoms with Crippen molar-refractivity contribution in [2.45, 2.75) is 43.7 Å². The average Bonchev–Trinajstić information content (AvgIpc) is 2.97. The van der Waals surface area contributed by atoms with Crippen molar-refractivity contribution in [2.24, 2.45) is 0 Å². The molecule has 0 radical (unpaired) electrons. The summed E-state index contributed by atoms with van der Waals surface area (Å²) in [7, 11) is 0. The van der Waals surface area contributed by atoms with Gasteiger partial charge in [-0.15, -0.1) is 23.1 Å². The van der Waals surface area contributed by atoms with E-state index in [0.29, 0.717) is 6.04 Å². The summed E-state index contributed by atoms with van der Waals surface area (Å²) in [5.74, 6) is 0.952. The fourth-order valence-electron chi connectivity index (χ4n) is 2.74. The minimum absolute atomic E-state index is 0.139. The van der Waals surface area contributed by atoms with Crippen molar-refractivity contribution in [3.63, 3.8) is 0 Å². The van der Waals surface area contributed by atoms with Gasteiger partial charge in [-0.2, -0.15) is 0 Å². The normalized spacial score (nSPS) is 19.3. The number of nitrogens with one attached hydrogen (secondary N) is 1. The molecule has 0 amide bonds. The maximum atomic E-state index is 13.5. The summed E-state index contributed by atoms with van der Waals surface area (Å²) in [6.45, 7) is 4.39. The summed E-state index contributed by atoms with van der Waals surface area (Å²) in [5.41, 5.74) is 1.12. The molecule has 0 spiro atoms. The smallest absolute Gasteiger partial charge is 0.123 e. The Labute approximate surface area is 134 Å².